The summed E-state index contributed by atoms with van der Waals surface area (Å²) in [6.45, 7) is 1.62. The lowest BCUT2D eigenvalue weighted by Gasteiger charge is -2.17. The van der Waals surface area contributed by atoms with Gasteiger partial charge in [0, 0.05) is 0 Å². The van der Waals surface area contributed by atoms with Crippen LogP contribution in [0.4, 0.5) is 0 Å². The molecular weight excluding hydrogens is 356 g/mol. The van der Waals surface area contributed by atoms with E-state index in [1.807, 2.05) is 61.5 Å². The lowest BCUT2D eigenvalue weighted by Crippen LogP contribution is -2.49. The Labute approximate surface area is 163 Å². The minimum atomic E-state index is -0.705. The van der Waals surface area contributed by atoms with E-state index < -0.39 is 17.9 Å². The Morgan fingerprint density at radius 1 is 0.857 bits per heavy atom. The molecule has 2 N–H and O–H groups in total. The minimum absolute atomic E-state index is 0.213. The predicted molar refractivity (Wildman–Crippen MR) is 107 cm³/mol. The number of carbonyl (C=O) groups is 2. The maximum atomic E-state index is 12.2. The van der Waals surface area contributed by atoms with Gasteiger partial charge in [-0.3, -0.25) is 20.4 Å². The molecule has 6 nitrogen and oxygen atoms in total. The van der Waals surface area contributed by atoms with Gasteiger partial charge in [0.25, 0.3) is 11.8 Å². The number of hydrogen-bond donors (Lipinski definition) is 2. The van der Waals surface area contributed by atoms with Crippen LogP contribution in [0, 0.1) is 0 Å². The molecule has 0 aliphatic rings. The second-order valence-electron chi connectivity index (χ2n) is 6.16. The van der Waals surface area contributed by atoms with Crippen molar-refractivity contribution < 1.29 is 19.1 Å². The van der Waals surface area contributed by atoms with Crippen LogP contribution in [0.3, 0.4) is 0 Å². The Balaban J connectivity index is 1.46. The van der Waals surface area contributed by atoms with Crippen LogP contribution in [0.15, 0.2) is 72.8 Å². The van der Waals surface area contributed by atoms with Crippen molar-refractivity contribution in [3.8, 4) is 11.5 Å². The zero-order valence-electron chi connectivity index (χ0n) is 15.6. The number of ether oxygens (including phenoxy) is 2. The molecule has 0 bridgehead atoms. The minimum Gasteiger partial charge on any atom is -0.484 e. The molecule has 0 saturated heterocycles. The number of rotatable bonds is 7. The molecule has 0 heterocycles. The number of amides is 2. The van der Waals surface area contributed by atoms with E-state index in [2.05, 4.69) is 10.9 Å². The summed E-state index contributed by atoms with van der Waals surface area (Å²) in [6, 6.07) is 22.5. The van der Waals surface area contributed by atoms with E-state index in [0.717, 1.165) is 10.8 Å². The van der Waals surface area contributed by atoms with Gasteiger partial charge in [-0.25, -0.2) is 0 Å². The van der Waals surface area contributed by atoms with E-state index >= 15 is 0 Å². The summed E-state index contributed by atoms with van der Waals surface area (Å²) in [7, 11) is 0. The van der Waals surface area contributed by atoms with Crippen LogP contribution < -0.4 is 20.3 Å². The van der Waals surface area contributed by atoms with Gasteiger partial charge < -0.3 is 9.47 Å². The molecule has 144 valence electrons. The van der Waals surface area contributed by atoms with Gasteiger partial charge in [0.05, 0.1) is 0 Å². The van der Waals surface area contributed by atoms with Crippen LogP contribution in [0.5, 0.6) is 11.5 Å². The molecule has 6 heteroatoms. The number of hydrogen-bond acceptors (Lipinski definition) is 4. The molecule has 28 heavy (non-hydrogen) atoms. The molecular formula is C22H22N2O4. The normalized spacial score (nSPS) is 11.5. The van der Waals surface area contributed by atoms with E-state index in [1.54, 1.807) is 18.2 Å². The Kier molecular flexibility index (Phi) is 6.46. The zero-order valence-corrected chi connectivity index (χ0v) is 15.6. The Bertz CT molecular complexity index is 943. The average molecular weight is 378 g/mol. The molecule has 0 fully saturated rings. The summed E-state index contributed by atoms with van der Waals surface area (Å²) in [6.07, 6.45) is -0.242. The predicted octanol–water partition coefficient (Wildman–Crippen LogP) is 3.22. The molecule has 3 aromatic rings. The van der Waals surface area contributed by atoms with E-state index in [1.165, 1.54) is 0 Å². The summed E-state index contributed by atoms with van der Waals surface area (Å²) < 4.78 is 11.1. The maximum Gasteiger partial charge on any atom is 0.279 e. The second-order valence-corrected chi connectivity index (χ2v) is 6.16. The summed E-state index contributed by atoms with van der Waals surface area (Å²) in [5.74, 6) is 0.288. The van der Waals surface area contributed by atoms with Gasteiger partial charge in [-0.05, 0) is 41.5 Å². The van der Waals surface area contributed by atoms with E-state index in [9.17, 15) is 9.59 Å². The lowest BCUT2D eigenvalue weighted by molar-refractivity contribution is -0.134. The monoisotopic (exact) mass is 378 g/mol. The smallest absolute Gasteiger partial charge is 0.279 e. The molecule has 1 atom stereocenters. The van der Waals surface area contributed by atoms with Crippen molar-refractivity contribution in [2.75, 3.05) is 6.61 Å². The molecule has 0 spiro atoms. The molecule has 1 unspecified atom stereocenters. The number of para-hydroxylation sites is 1. The van der Waals surface area contributed by atoms with Gasteiger partial charge in [-0.1, -0.05) is 55.5 Å². The van der Waals surface area contributed by atoms with Gasteiger partial charge in [0.2, 0.25) is 0 Å². The van der Waals surface area contributed by atoms with Gasteiger partial charge >= 0.3 is 0 Å². The summed E-state index contributed by atoms with van der Waals surface area (Å²) in [5.41, 5.74) is 4.72. The summed E-state index contributed by atoms with van der Waals surface area (Å²) >= 11 is 0. The highest BCUT2D eigenvalue weighted by Crippen LogP contribution is 2.20. The molecule has 0 aliphatic heterocycles. The Morgan fingerprint density at radius 2 is 1.57 bits per heavy atom. The lowest BCUT2D eigenvalue weighted by atomic mass is 10.1. The molecule has 0 aliphatic carbocycles. The van der Waals surface area contributed by atoms with E-state index in [-0.39, 0.29) is 6.61 Å². The third kappa shape index (κ3) is 5.23. The van der Waals surface area contributed by atoms with Crippen LogP contribution in [0.1, 0.15) is 13.3 Å². The molecule has 2 amide bonds. The van der Waals surface area contributed by atoms with Crippen molar-refractivity contribution in [1.82, 2.24) is 10.9 Å². The summed E-state index contributed by atoms with van der Waals surface area (Å²) in [5, 5.41) is 2.12. The van der Waals surface area contributed by atoms with Gasteiger partial charge in [-0.15, -0.1) is 0 Å². The number of benzene rings is 3. The number of carbonyl (C=O) groups excluding carboxylic acids is 2. The largest absolute Gasteiger partial charge is 0.484 e. The van der Waals surface area contributed by atoms with Crippen molar-refractivity contribution >= 4 is 22.6 Å². The van der Waals surface area contributed by atoms with Crippen LogP contribution >= 0.6 is 0 Å². The number of nitrogens with one attached hydrogen (secondary N) is 2. The third-order valence-electron chi connectivity index (χ3n) is 4.10. The van der Waals surface area contributed by atoms with Gasteiger partial charge in [0.15, 0.2) is 12.7 Å². The first-order valence-electron chi connectivity index (χ1n) is 9.07. The van der Waals surface area contributed by atoms with Gasteiger partial charge in [0.1, 0.15) is 11.5 Å². The van der Waals surface area contributed by atoms with Crippen LogP contribution in [0.2, 0.25) is 0 Å². The Morgan fingerprint density at radius 3 is 2.32 bits per heavy atom. The van der Waals surface area contributed by atoms with Gasteiger partial charge in [-0.2, -0.15) is 0 Å². The highest BCUT2D eigenvalue weighted by atomic mass is 16.5. The van der Waals surface area contributed by atoms with Crippen LogP contribution in [-0.2, 0) is 9.59 Å². The fourth-order valence-corrected chi connectivity index (χ4v) is 2.64. The first kappa shape index (κ1) is 19.2. The second kappa shape index (κ2) is 9.41. The maximum absolute atomic E-state index is 12.2. The fraction of sp³-hybridized carbons (Fsp3) is 0.182. The first-order valence-corrected chi connectivity index (χ1v) is 9.07. The van der Waals surface area contributed by atoms with Crippen molar-refractivity contribution in [3.05, 3.63) is 72.8 Å². The number of fused-ring (bicyclic) bond motifs is 1. The standard InChI is InChI=1S/C22H22N2O4/c1-2-20(28-18-10-4-3-5-11-18)22(26)24-23-21(25)15-27-19-13-12-16-8-6-7-9-17(16)14-19/h3-14,20H,2,15H2,1H3,(H,23,25)(H,24,26). The van der Waals surface area contributed by atoms with E-state index in [0.29, 0.717) is 17.9 Å². The Hall–Kier alpha value is -3.54. The van der Waals surface area contributed by atoms with E-state index in [4.69, 9.17) is 9.47 Å². The SMILES string of the molecule is CCC(Oc1ccccc1)C(=O)NNC(=O)COc1ccc2ccccc2c1. The fourth-order valence-electron chi connectivity index (χ4n) is 2.64. The van der Waals surface area contributed by atoms with Crippen molar-refractivity contribution in [2.45, 2.75) is 19.4 Å². The zero-order chi connectivity index (χ0) is 19.8. The average Bonchev–Trinajstić information content (AvgIpc) is 2.75. The quantitative estimate of drug-likeness (QED) is 0.619. The molecule has 0 radical (unpaired) electrons. The highest BCUT2D eigenvalue weighted by Gasteiger charge is 2.19. The van der Waals surface area contributed by atoms with Crippen LogP contribution in [-0.4, -0.2) is 24.5 Å². The van der Waals surface area contributed by atoms with Crippen molar-refractivity contribution in [2.24, 2.45) is 0 Å². The third-order valence-corrected chi connectivity index (χ3v) is 4.10. The molecule has 3 aromatic carbocycles. The first-order chi connectivity index (χ1) is 13.7. The topological polar surface area (TPSA) is 76.7 Å². The molecule has 0 saturated carbocycles. The molecule has 0 aromatic heterocycles. The van der Waals surface area contributed by atoms with Crippen molar-refractivity contribution in [3.63, 3.8) is 0 Å². The molecule has 3 rings (SSSR count). The highest BCUT2D eigenvalue weighted by molar-refractivity contribution is 5.86. The van der Waals surface area contributed by atoms with Crippen LogP contribution in [0.25, 0.3) is 10.8 Å². The summed E-state index contributed by atoms with van der Waals surface area (Å²) in [4.78, 5) is 24.2. The van der Waals surface area contributed by atoms with Crippen molar-refractivity contribution in [1.29, 1.82) is 0 Å². The number of hydrazine groups is 1.